The van der Waals surface area contributed by atoms with E-state index in [0.717, 1.165) is 36.0 Å². The first-order valence-electron chi connectivity index (χ1n) is 8.19. The van der Waals surface area contributed by atoms with Crippen molar-refractivity contribution in [2.75, 3.05) is 25.5 Å². The zero-order valence-corrected chi connectivity index (χ0v) is 13.8. The Hall–Kier alpha value is -3.11. The molecule has 126 valence electrons. The molecule has 4 rings (SSSR count). The van der Waals surface area contributed by atoms with E-state index in [1.807, 2.05) is 18.3 Å². The monoisotopic (exact) mass is 334 g/mol. The van der Waals surface area contributed by atoms with Crippen molar-refractivity contribution >= 4 is 16.7 Å². The summed E-state index contributed by atoms with van der Waals surface area (Å²) in [6, 6.07) is 8.15. The first kappa shape index (κ1) is 15.4. The van der Waals surface area contributed by atoms with Crippen LogP contribution in [0.5, 0.6) is 5.88 Å². The second-order valence-corrected chi connectivity index (χ2v) is 5.99. The largest absolute Gasteiger partial charge is 0.478 e. The maximum absolute atomic E-state index is 9.24. The van der Waals surface area contributed by atoms with Crippen LogP contribution in [0.4, 0.5) is 5.82 Å². The third-order valence-electron chi connectivity index (χ3n) is 4.45. The molecule has 25 heavy (non-hydrogen) atoms. The standard InChI is InChI=1S/C18H18N6O/c1-25-18-17(23-12-5-6-20-8-12)22-10-15(24-18)14-9-21-16-11(7-19)3-2-4-13(14)16/h2-4,9-10,12,20-21H,5-6,8H2,1H3,(H,22,23)/t12-/m1/s1. The Labute approximate surface area is 145 Å². The third-order valence-corrected chi connectivity index (χ3v) is 4.45. The zero-order chi connectivity index (χ0) is 17.2. The minimum Gasteiger partial charge on any atom is -0.478 e. The fraction of sp³-hybridized carbons (Fsp3) is 0.278. The van der Waals surface area contributed by atoms with Crippen LogP contribution < -0.4 is 15.4 Å². The average Bonchev–Trinajstić information content (AvgIpc) is 3.31. The molecular formula is C18H18N6O. The lowest BCUT2D eigenvalue weighted by atomic mass is 10.1. The number of benzene rings is 1. The summed E-state index contributed by atoms with van der Waals surface area (Å²) in [6.07, 6.45) is 4.63. The van der Waals surface area contributed by atoms with E-state index in [-0.39, 0.29) is 0 Å². The number of nitrogens with one attached hydrogen (secondary N) is 3. The Morgan fingerprint density at radius 2 is 2.32 bits per heavy atom. The Morgan fingerprint density at radius 1 is 1.40 bits per heavy atom. The Kier molecular flexibility index (Phi) is 3.96. The molecule has 0 amide bonds. The quantitative estimate of drug-likeness (QED) is 0.677. The minimum absolute atomic E-state index is 0.334. The normalized spacial score (nSPS) is 16.7. The predicted molar refractivity (Wildman–Crippen MR) is 95.5 cm³/mol. The van der Waals surface area contributed by atoms with Gasteiger partial charge in [0.25, 0.3) is 5.88 Å². The van der Waals surface area contributed by atoms with Crippen molar-refractivity contribution in [3.63, 3.8) is 0 Å². The van der Waals surface area contributed by atoms with Crippen LogP contribution >= 0.6 is 0 Å². The number of hydrogen-bond donors (Lipinski definition) is 3. The molecule has 0 saturated carbocycles. The number of aromatic amines is 1. The van der Waals surface area contributed by atoms with Crippen molar-refractivity contribution in [3.8, 4) is 23.2 Å². The van der Waals surface area contributed by atoms with Gasteiger partial charge in [-0.05, 0) is 19.0 Å². The van der Waals surface area contributed by atoms with E-state index in [0.29, 0.717) is 29.0 Å². The SMILES string of the molecule is COc1nc(-c2c[nH]c3c(C#N)cccc23)cnc1N[C@@H]1CCNC1. The van der Waals surface area contributed by atoms with Crippen molar-refractivity contribution in [2.45, 2.75) is 12.5 Å². The van der Waals surface area contributed by atoms with Gasteiger partial charge in [0.15, 0.2) is 5.82 Å². The molecule has 1 saturated heterocycles. The van der Waals surface area contributed by atoms with Gasteiger partial charge in [0, 0.05) is 29.7 Å². The highest BCUT2D eigenvalue weighted by atomic mass is 16.5. The molecule has 3 N–H and O–H groups in total. The summed E-state index contributed by atoms with van der Waals surface area (Å²) in [6.45, 7) is 1.91. The lowest BCUT2D eigenvalue weighted by Gasteiger charge is -2.14. The van der Waals surface area contributed by atoms with Gasteiger partial charge in [-0.3, -0.25) is 0 Å². The average molecular weight is 334 g/mol. The van der Waals surface area contributed by atoms with Crippen LogP contribution in [0, 0.1) is 11.3 Å². The van der Waals surface area contributed by atoms with E-state index in [4.69, 9.17) is 4.74 Å². The van der Waals surface area contributed by atoms with Gasteiger partial charge < -0.3 is 20.4 Å². The molecule has 1 fully saturated rings. The lowest BCUT2D eigenvalue weighted by molar-refractivity contribution is 0.398. The molecule has 0 unspecified atom stereocenters. The predicted octanol–water partition coefficient (Wildman–Crippen LogP) is 2.28. The number of nitriles is 1. The molecule has 0 spiro atoms. The number of ether oxygens (including phenoxy) is 1. The van der Waals surface area contributed by atoms with E-state index in [2.05, 4.69) is 31.7 Å². The van der Waals surface area contributed by atoms with E-state index >= 15 is 0 Å². The van der Waals surface area contributed by atoms with Crippen LogP contribution in [0.15, 0.2) is 30.6 Å². The van der Waals surface area contributed by atoms with Crippen molar-refractivity contribution in [2.24, 2.45) is 0 Å². The summed E-state index contributed by atoms with van der Waals surface area (Å²) < 4.78 is 5.43. The summed E-state index contributed by atoms with van der Waals surface area (Å²) in [5.74, 6) is 1.12. The maximum Gasteiger partial charge on any atom is 0.257 e. The van der Waals surface area contributed by atoms with Gasteiger partial charge >= 0.3 is 0 Å². The number of aromatic nitrogens is 3. The van der Waals surface area contributed by atoms with Crippen LogP contribution in [-0.4, -0.2) is 41.2 Å². The Balaban J connectivity index is 1.72. The lowest BCUT2D eigenvalue weighted by Crippen LogP contribution is -2.23. The molecule has 1 aliphatic rings. The van der Waals surface area contributed by atoms with Gasteiger partial charge in [0.05, 0.1) is 30.1 Å². The molecule has 1 aromatic carbocycles. The highest BCUT2D eigenvalue weighted by Crippen LogP contribution is 2.31. The van der Waals surface area contributed by atoms with Gasteiger partial charge in [-0.25, -0.2) is 9.97 Å². The molecule has 0 bridgehead atoms. The topological polar surface area (TPSA) is 98.7 Å². The van der Waals surface area contributed by atoms with Gasteiger partial charge in [-0.2, -0.15) is 5.26 Å². The molecular weight excluding hydrogens is 316 g/mol. The summed E-state index contributed by atoms with van der Waals surface area (Å²) in [7, 11) is 1.59. The molecule has 7 heteroatoms. The molecule has 1 atom stereocenters. The molecule has 7 nitrogen and oxygen atoms in total. The van der Waals surface area contributed by atoms with Gasteiger partial charge in [0.1, 0.15) is 6.07 Å². The molecule has 1 aliphatic heterocycles. The van der Waals surface area contributed by atoms with Crippen LogP contribution in [0.1, 0.15) is 12.0 Å². The number of hydrogen-bond acceptors (Lipinski definition) is 6. The maximum atomic E-state index is 9.24. The first-order valence-corrected chi connectivity index (χ1v) is 8.19. The van der Waals surface area contributed by atoms with Crippen LogP contribution in [0.25, 0.3) is 22.2 Å². The van der Waals surface area contributed by atoms with Crippen LogP contribution in [0.3, 0.4) is 0 Å². The summed E-state index contributed by atoms with van der Waals surface area (Å²) in [4.78, 5) is 12.3. The van der Waals surface area contributed by atoms with Crippen molar-refractivity contribution in [1.82, 2.24) is 20.3 Å². The van der Waals surface area contributed by atoms with Crippen molar-refractivity contribution in [3.05, 3.63) is 36.2 Å². The number of H-pyrrole nitrogens is 1. The number of methoxy groups -OCH3 is 1. The smallest absolute Gasteiger partial charge is 0.257 e. The molecule has 3 aromatic rings. The fourth-order valence-electron chi connectivity index (χ4n) is 3.17. The second kappa shape index (κ2) is 6.42. The van der Waals surface area contributed by atoms with Crippen molar-refractivity contribution < 1.29 is 4.74 Å². The minimum atomic E-state index is 0.334. The highest BCUT2D eigenvalue weighted by Gasteiger charge is 2.19. The number of fused-ring (bicyclic) bond motifs is 1. The van der Waals surface area contributed by atoms with Crippen LogP contribution in [-0.2, 0) is 0 Å². The second-order valence-electron chi connectivity index (χ2n) is 5.99. The van der Waals surface area contributed by atoms with Gasteiger partial charge in [0.2, 0.25) is 0 Å². The fourth-order valence-corrected chi connectivity index (χ4v) is 3.17. The van der Waals surface area contributed by atoms with E-state index < -0.39 is 0 Å². The summed E-state index contributed by atoms with van der Waals surface area (Å²) >= 11 is 0. The number of rotatable bonds is 4. The molecule has 0 aliphatic carbocycles. The molecule has 3 heterocycles. The zero-order valence-electron chi connectivity index (χ0n) is 13.8. The van der Waals surface area contributed by atoms with Gasteiger partial charge in [-0.15, -0.1) is 0 Å². The number of anilines is 1. The first-order chi connectivity index (χ1) is 12.3. The Morgan fingerprint density at radius 3 is 3.08 bits per heavy atom. The van der Waals surface area contributed by atoms with E-state index in [9.17, 15) is 5.26 Å². The van der Waals surface area contributed by atoms with E-state index in [1.165, 1.54) is 0 Å². The number of nitrogens with zero attached hydrogens (tertiary/aromatic N) is 3. The molecule has 2 aromatic heterocycles. The van der Waals surface area contributed by atoms with Crippen LogP contribution in [0.2, 0.25) is 0 Å². The molecule has 0 radical (unpaired) electrons. The Bertz CT molecular complexity index is 952. The highest BCUT2D eigenvalue weighted by molar-refractivity contribution is 5.97. The summed E-state index contributed by atoms with van der Waals surface area (Å²) in [5.41, 5.74) is 3.01. The van der Waals surface area contributed by atoms with E-state index in [1.54, 1.807) is 19.4 Å². The summed E-state index contributed by atoms with van der Waals surface area (Å²) in [5, 5.41) is 16.9. The van der Waals surface area contributed by atoms with Gasteiger partial charge in [-0.1, -0.05) is 12.1 Å². The van der Waals surface area contributed by atoms with Crippen molar-refractivity contribution in [1.29, 1.82) is 5.26 Å². The third kappa shape index (κ3) is 2.77. The number of para-hydroxylation sites is 1.